The van der Waals surface area contributed by atoms with Gasteiger partial charge in [0, 0.05) is 11.3 Å². The summed E-state index contributed by atoms with van der Waals surface area (Å²) in [5, 5.41) is 3.25. The topological polar surface area (TPSA) is 81.7 Å². The van der Waals surface area contributed by atoms with Gasteiger partial charge in [-0.1, -0.05) is 32.1 Å². The summed E-state index contributed by atoms with van der Waals surface area (Å²) in [5.74, 6) is -0.547. The zero-order chi connectivity index (χ0) is 19.9. The van der Waals surface area contributed by atoms with Crippen molar-refractivity contribution in [3.63, 3.8) is 0 Å². The van der Waals surface area contributed by atoms with Gasteiger partial charge in [0.25, 0.3) is 5.91 Å². The fraction of sp³-hybridized carbons (Fsp3) is 0.667. The first-order valence-electron chi connectivity index (χ1n) is 10.4. The number of carbonyl (C=O) groups excluding carboxylic acids is 3. The second-order valence-corrected chi connectivity index (χ2v) is 8.64. The van der Waals surface area contributed by atoms with E-state index in [1.54, 1.807) is 6.92 Å². The SMILES string of the molecule is CCOC(=O)c1c(NC(=O)COC(=O)CCC2CCCCC2)sc2c1CCC2. The van der Waals surface area contributed by atoms with Gasteiger partial charge in [-0.05, 0) is 44.1 Å². The number of thiophene rings is 1. The normalized spacial score (nSPS) is 16.5. The number of carbonyl (C=O) groups is 3. The van der Waals surface area contributed by atoms with Crippen molar-refractivity contribution in [1.82, 2.24) is 0 Å². The van der Waals surface area contributed by atoms with E-state index < -0.39 is 11.9 Å². The molecule has 154 valence electrons. The Balaban J connectivity index is 1.49. The molecule has 0 aliphatic heterocycles. The molecule has 1 heterocycles. The smallest absolute Gasteiger partial charge is 0.341 e. The molecule has 2 aliphatic carbocycles. The van der Waals surface area contributed by atoms with Crippen LogP contribution in [-0.4, -0.2) is 31.1 Å². The second kappa shape index (κ2) is 10.0. The van der Waals surface area contributed by atoms with Gasteiger partial charge in [-0.15, -0.1) is 11.3 Å². The van der Waals surface area contributed by atoms with Crippen LogP contribution in [0.4, 0.5) is 5.00 Å². The van der Waals surface area contributed by atoms with E-state index in [0.29, 0.717) is 22.9 Å². The van der Waals surface area contributed by atoms with Gasteiger partial charge < -0.3 is 14.8 Å². The molecule has 1 saturated carbocycles. The molecule has 1 aromatic rings. The number of hydrogen-bond donors (Lipinski definition) is 1. The Bertz CT molecular complexity index is 721. The van der Waals surface area contributed by atoms with Gasteiger partial charge in [0.1, 0.15) is 5.00 Å². The zero-order valence-electron chi connectivity index (χ0n) is 16.5. The Morgan fingerprint density at radius 3 is 2.61 bits per heavy atom. The van der Waals surface area contributed by atoms with Crippen molar-refractivity contribution in [3.8, 4) is 0 Å². The van der Waals surface area contributed by atoms with E-state index in [-0.39, 0.29) is 19.2 Å². The lowest BCUT2D eigenvalue weighted by Crippen LogP contribution is -2.22. The zero-order valence-corrected chi connectivity index (χ0v) is 17.3. The van der Waals surface area contributed by atoms with E-state index in [4.69, 9.17) is 9.47 Å². The van der Waals surface area contributed by atoms with Gasteiger partial charge in [-0.3, -0.25) is 9.59 Å². The van der Waals surface area contributed by atoms with E-state index >= 15 is 0 Å². The molecule has 0 aromatic carbocycles. The standard InChI is InChI=1S/C21H29NO5S/c1-2-26-21(25)19-15-9-6-10-16(15)28-20(19)22-17(23)13-27-18(24)12-11-14-7-4-3-5-8-14/h14H,2-13H2,1H3,(H,22,23). The number of rotatable bonds is 8. The highest BCUT2D eigenvalue weighted by molar-refractivity contribution is 7.17. The van der Waals surface area contributed by atoms with Crippen molar-refractivity contribution in [2.45, 2.75) is 71.1 Å². The highest BCUT2D eigenvalue weighted by Gasteiger charge is 2.28. The molecule has 0 radical (unpaired) electrons. The summed E-state index contributed by atoms with van der Waals surface area (Å²) < 4.78 is 10.3. The van der Waals surface area contributed by atoms with E-state index in [1.165, 1.54) is 43.4 Å². The molecule has 0 spiro atoms. The van der Waals surface area contributed by atoms with Crippen LogP contribution >= 0.6 is 11.3 Å². The Labute approximate surface area is 170 Å². The van der Waals surface area contributed by atoms with E-state index in [9.17, 15) is 14.4 Å². The van der Waals surface area contributed by atoms with Gasteiger partial charge in [-0.25, -0.2) is 4.79 Å². The maximum absolute atomic E-state index is 12.3. The first kappa shape index (κ1) is 20.8. The second-order valence-electron chi connectivity index (χ2n) is 7.53. The maximum Gasteiger partial charge on any atom is 0.341 e. The molecule has 3 rings (SSSR count). The fourth-order valence-corrected chi connectivity index (χ4v) is 5.38. The van der Waals surface area contributed by atoms with Crippen molar-refractivity contribution in [1.29, 1.82) is 0 Å². The van der Waals surface area contributed by atoms with Gasteiger partial charge >= 0.3 is 11.9 Å². The molecule has 1 N–H and O–H groups in total. The molecule has 1 aromatic heterocycles. The molecule has 0 bridgehead atoms. The lowest BCUT2D eigenvalue weighted by atomic mass is 9.86. The average molecular weight is 408 g/mol. The molecule has 1 fully saturated rings. The molecular weight excluding hydrogens is 378 g/mol. The maximum atomic E-state index is 12.3. The van der Waals surface area contributed by atoms with Gasteiger partial charge in [0.15, 0.2) is 6.61 Å². The van der Waals surface area contributed by atoms with Crippen LogP contribution in [0.15, 0.2) is 0 Å². The minimum atomic E-state index is -0.420. The minimum absolute atomic E-state index is 0.287. The predicted octanol–water partition coefficient (Wildman–Crippen LogP) is 4.26. The Morgan fingerprint density at radius 2 is 1.86 bits per heavy atom. The van der Waals surface area contributed by atoms with Crippen LogP contribution < -0.4 is 5.32 Å². The number of fused-ring (bicyclic) bond motifs is 1. The summed E-state index contributed by atoms with van der Waals surface area (Å²) in [5.41, 5.74) is 1.46. The molecule has 0 unspecified atom stereocenters. The molecular formula is C21H29NO5S. The summed E-state index contributed by atoms with van der Waals surface area (Å²) >= 11 is 1.42. The molecule has 6 nitrogen and oxygen atoms in total. The van der Waals surface area contributed by atoms with Crippen LogP contribution in [-0.2, 0) is 31.9 Å². The van der Waals surface area contributed by atoms with Crippen molar-refractivity contribution >= 4 is 34.2 Å². The molecule has 1 amide bonds. The number of nitrogens with one attached hydrogen (secondary N) is 1. The van der Waals surface area contributed by atoms with Gasteiger partial charge in [0.2, 0.25) is 0 Å². The number of amides is 1. The van der Waals surface area contributed by atoms with Gasteiger partial charge in [-0.2, -0.15) is 0 Å². The molecule has 2 aliphatic rings. The monoisotopic (exact) mass is 407 g/mol. The third-order valence-corrected chi connectivity index (χ3v) is 6.71. The third kappa shape index (κ3) is 5.34. The Hall–Kier alpha value is -1.89. The number of anilines is 1. The van der Waals surface area contributed by atoms with Gasteiger partial charge in [0.05, 0.1) is 12.2 Å². The largest absolute Gasteiger partial charge is 0.462 e. The Morgan fingerprint density at radius 1 is 1.07 bits per heavy atom. The molecule has 28 heavy (non-hydrogen) atoms. The van der Waals surface area contributed by atoms with Crippen LogP contribution in [0.25, 0.3) is 0 Å². The molecule has 0 saturated heterocycles. The quantitative estimate of drug-likeness (QED) is 0.651. The van der Waals surface area contributed by atoms with Crippen LogP contribution in [0.1, 0.15) is 79.1 Å². The first-order chi connectivity index (χ1) is 13.6. The summed E-state index contributed by atoms with van der Waals surface area (Å²) in [7, 11) is 0. The molecule has 7 heteroatoms. The number of hydrogen-bond acceptors (Lipinski definition) is 6. The predicted molar refractivity (Wildman–Crippen MR) is 108 cm³/mol. The van der Waals surface area contributed by atoms with Crippen molar-refractivity contribution in [2.24, 2.45) is 5.92 Å². The van der Waals surface area contributed by atoms with Crippen LogP contribution in [0, 0.1) is 5.92 Å². The number of aryl methyl sites for hydroxylation is 1. The highest BCUT2D eigenvalue weighted by atomic mass is 32.1. The van der Waals surface area contributed by atoms with Crippen LogP contribution in [0.5, 0.6) is 0 Å². The third-order valence-electron chi connectivity index (χ3n) is 5.50. The first-order valence-corrected chi connectivity index (χ1v) is 11.2. The highest BCUT2D eigenvalue weighted by Crippen LogP contribution is 2.39. The number of ether oxygens (including phenoxy) is 2. The summed E-state index contributed by atoms with van der Waals surface area (Å²) in [6, 6.07) is 0. The van der Waals surface area contributed by atoms with Crippen LogP contribution in [0.3, 0.4) is 0 Å². The minimum Gasteiger partial charge on any atom is -0.462 e. The Kier molecular flexibility index (Phi) is 7.48. The average Bonchev–Trinajstić information content (AvgIpc) is 3.26. The van der Waals surface area contributed by atoms with Crippen molar-refractivity contribution < 1.29 is 23.9 Å². The summed E-state index contributed by atoms with van der Waals surface area (Å²) in [4.78, 5) is 37.6. The van der Waals surface area contributed by atoms with Crippen molar-refractivity contribution in [2.75, 3.05) is 18.5 Å². The lowest BCUT2D eigenvalue weighted by molar-refractivity contribution is -0.147. The van der Waals surface area contributed by atoms with E-state index in [1.807, 2.05) is 0 Å². The lowest BCUT2D eigenvalue weighted by Gasteiger charge is -2.20. The van der Waals surface area contributed by atoms with E-state index in [2.05, 4.69) is 5.32 Å². The van der Waals surface area contributed by atoms with E-state index in [0.717, 1.165) is 36.1 Å². The number of esters is 2. The molecule has 0 atom stereocenters. The van der Waals surface area contributed by atoms with Crippen LogP contribution in [0.2, 0.25) is 0 Å². The summed E-state index contributed by atoms with van der Waals surface area (Å²) in [6.07, 6.45) is 10.1. The fourth-order valence-electron chi connectivity index (χ4n) is 4.09. The van der Waals surface area contributed by atoms with Crippen molar-refractivity contribution in [3.05, 3.63) is 16.0 Å². The summed E-state index contributed by atoms with van der Waals surface area (Å²) in [6.45, 7) is 1.72.